The molecule has 0 radical (unpaired) electrons. The summed E-state index contributed by atoms with van der Waals surface area (Å²) in [6.07, 6.45) is 0.257. The number of nitrogens with zero attached hydrogens (tertiary/aromatic N) is 1. The zero-order valence-corrected chi connectivity index (χ0v) is 17.3. The fourth-order valence-corrected chi connectivity index (χ4v) is 3.58. The Morgan fingerprint density at radius 2 is 1.93 bits per heavy atom. The summed E-state index contributed by atoms with van der Waals surface area (Å²) in [5, 5.41) is 3.55. The molecule has 0 spiro atoms. The van der Waals surface area contributed by atoms with Gasteiger partial charge in [0.15, 0.2) is 0 Å². The van der Waals surface area contributed by atoms with Crippen molar-refractivity contribution in [2.45, 2.75) is 13.0 Å². The number of carbonyl (C=O) groups excluding carboxylic acids is 1. The van der Waals surface area contributed by atoms with E-state index in [1.807, 2.05) is 30.3 Å². The topological polar surface area (TPSA) is 60.0 Å². The third-order valence-corrected chi connectivity index (χ3v) is 5.15. The van der Waals surface area contributed by atoms with Crippen molar-refractivity contribution in [2.75, 3.05) is 53.6 Å². The molecule has 1 aliphatic heterocycles. The Labute approximate surface area is 172 Å². The quantitative estimate of drug-likeness (QED) is 0.517. The van der Waals surface area contributed by atoms with Crippen molar-refractivity contribution in [3.05, 3.63) is 53.6 Å². The number of nitrogens with one attached hydrogen (secondary N) is 1. The number of methoxy groups -OCH3 is 2. The van der Waals surface area contributed by atoms with Gasteiger partial charge in [0.2, 0.25) is 0 Å². The highest BCUT2D eigenvalue weighted by Crippen LogP contribution is 2.34. The lowest BCUT2D eigenvalue weighted by molar-refractivity contribution is -0.139. The molecule has 6 heteroatoms. The molecule has 0 amide bonds. The first-order chi connectivity index (χ1) is 14.2. The van der Waals surface area contributed by atoms with E-state index in [0.29, 0.717) is 0 Å². The van der Waals surface area contributed by atoms with Crippen molar-refractivity contribution < 1.29 is 19.0 Å². The number of esters is 1. The Bertz CT molecular complexity index is 803. The van der Waals surface area contributed by atoms with E-state index in [9.17, 15) is 4.79 Å². The van der Waals surface area contributed by atoms with E-state index in [0.717, 1.165) is 68.4 Å². The molecule has 0 saturated carbocycles. The van der Waals surface area contributed by atoms with Gasteiger partial charge < -0.3 is 19.5 Å². The summed E-state index contributed by atoms with van der Waals surface area (Å²) < 4.78 is 15.8. The standard InChI is InChI=1S/C23H30N2O4/c1-27-21-8-4-7-20(17-24-9-10-25-11-13-29-14-12-25)23(21)19-6-3-5-18(15-19)16-22(26)28-2/h3-8,15,24H,9-14,16-17H2,1-2H3. The van der Waals surface area contributed by atoms with E-state index in [-0.39, 0.29) is 12.4 Å². The Balaban J connectivity index is 1.72. The highest BCUT2D eigenvalue weighted by molar-refractivity contribution is 5.77. The minimum absolute atomic E-state index is 0.243. The molecule has 1 heterocycles. The van der Waals surface area contributed by atoms with E-state index < -0.39 is 0 Å². The highest BCUT2D eigenvalue weighted by Gasteiger charge is 2.14. The van der Waals surface area contributed by atoms with Crippen LogP contribution in [0.3, 0.4) is 0 Å². The number of carbonyl (C=O) groups is 1. The van der Waals surface area contributed by atoms with Gasteiger partial charge in [0, 0.05) is 38.3 Å². The van der Waals surface area contributed by atoms with Gasteiger partial charge in [-0.2, -0.15) is 0 Å². The monoisotopic (exact) mass is 398 g/mol. The van der Waals surface area contributed by atoms with Gasteiger partial charge in [0.1, 0.15) is 5.75 Å². The molecule has 156 valence electrons. The maximum Gasteiger partial charge on any atom is 0.309 e. The number of hydrogen-bond acceptors (Lipinski definition) is 6. The maximum atomic E-state index is 11.7. The molecule has 2 aromatic carbocycles. The minimum atomic E-state index is -0.243. The van der Waals surface area contributed by atoms with Crippen molar-refractivity contribution in [1.82, 2.24) is 10.2 Å². The summed E-state index contributed by atoms with van der Waals surface area (Å²) >= 11 is 0. The maximum absolute atomic E-state index is 11.7. The van der Waals surface area contributed by atoms with E-state index in [1.54, 1.807) is 7.11 Å². The van der Waals surface area contributed by atoms with Gasteiger partial charge in [-0.3, -0.25) is 9.69 Å². The van der Waals surface area contributed by atoms with Gasteiger partial charge in [-0.25, -0.2) is 0 Å². The number of ether oxygens (including phenoxy) is 3. The molecule has 0 aromatic heterocycles. The number of rotatable bonds is 9. The summed E-state index contributed by atoms with van der Waals surface area (Å²) in [7, 11) is 3.10. The van der Waals surface area contributed by atoms with Gasteiger partial charge in [-0.1, -0.05) is 36.4 Å². The van der Waals surface area contributed by atoms with Crippen molar-refractivity contribution >= 4 is 5.97 Å². The van der Waals surface area contributed by atoms with Crippen LogP contribution in [0.25, 0.3) is 11.1 Å². The first kappa shape index (κ1) is 21.3. The second-order valence-corrected chi connectivity index (χ2v) is 7.08. The molecule has 29 heavy (non-hydrogen) atoms. The Morgan fingerprint density at radius 3 is 2.69 bits per heavy atom. The van der Waals surface area contributed by atoms with Gasteiger partial charge in [-0.15, -0.1) is 0 Å². The lowest BCUT2D eigenvalue weighted by atomic mass is 9.96. The van der Waals surface area contributed by atoms with Gasteiger partial charge in [0.05, 0.1) is 33.9 Å². The lowest BCUT2D eigenvalue weighted by Crippen LogP contribution is -2.40. The molecule has 1 fully saturated rings. The Kier molecular flexibility index (Phi) is 8.04. The molecule has 0 unspecified atom stereocenters. The summed E-state index contributed by atoms with van der Waals surface area (Å²) in [5.41, 5.74) is 4.18. The summed E-state index contributed by atoms with van der Waals surface area (Å²) in [6, 6.07) is 14.1. The van der Waals surface area contributed by atoms with Crippen LogP contribution < -0.4 is 10.1 Å². The zero-order valence-electron chi connectivity index (χ0n) is 17.3. The minimum Gasteiger partial charge on any atom is -0.496 e. The third-order valence-electron chi connectivity index (χ3n) is 5.15. The molecular formula is C23H30N2O4. The average Bonchev–Trinajstić information content (AvgIpc) is 2.77. The number of benzene rings is 2. The van der Waals surface area contributed by atoms with Crippen LogP contribution in [0.4, 0.5) is 0 Å². The first-order valence-electron chi connectivity index (χ1n) is 10.0. The molecule has 1 N–H and O–H groups in total. The fraction of sp³-hybridized carbons (Fsp3) is 0.435. The van der Waals surface area contributed by atoms with Gasteiger partial charge in [0.25, 0.3) is 0 Å². The normalized spacial score (nSPS) is 14.6. The van der Waals surface area contributed by atoms with Crippen molar-refractivity contribution in [2.24, 2.45) is 0 Å². The summed E-state index contributed by atoms with van der Waals surface area (Å²) in [6.45, 7) is 6.32. The van der Waals surface area contributed by atoms with Crippen LogP contribution in [0.15, 0.2) is 42.5 Å². The summed E-state index contributed by atoms with van der Waals surface area (Å²) in [4.78, 5) is 14.1. The van der Waals surface area contributed by atoms with E-state index in [2.05, 4.69) is 22.3 Å². The molecule has 0 bridgehead atoms. The predicted octanol–water partition coefficient (Wildman–Crippen LogP) is 2.50. The van der Waals surface area contributed by atoms with Crippen LogP contribution in [-0.2, 0) is 27.2 Å². The largest absolute Gasteiger partial charge is 0.496 e. The van der Waals surface area contributed by atoms with Gasteiger partial charge >= 0.3 is 5.97 Å². The van der Waals surface area contributed by atoms with Crippen LogP contribution in [0.5, 0.6) is 5.75 Å². The van der Waals surface area contributed by atoms with E-state index >= 15 is 0 Å². The number of morpholine rings is 1. The van der Waals surface area contributed by atoms with E-state index in [4.69, 9.17) is 14.2 Å². The van der Waals surface area contributed by atoms with Gasteiger partial charge in [-0.05, 0) is 22.8 Å². The van der Waals surface area contributed by atoms with Crippen molar-refractivity contribution in [3.63, 3.8) is 0 Å². The summed E-state index contributed by atoms with van der Waals surface area (Å²) in [5.74, 6) is 0.583. The second kappa shape index (κ2) is 11.0. The van der Waals surface area contributed by atoms with Crippen molar-refractivity contribution in [3.8, 4) is 16.9 Å². The average molecular weight is 399 g/mol. The molecule has 6 nitrogen and oxygen atoms in total. The van der Waals surface area contributed by atoms with Crippen LogP contribution in [-0.4, -0.2) is 64.5 Å². The molecule has 1 saturated heterocycles. The highest BCUT2D eigenvalue weighted by atomic mass is 16.5. The van der Waals surface area contributed by atoms with Crippen LogP contribution in [0.2, 0.25) is 0 Å². The second-order valence-electron chi connectivity index (χ2n) is 7.08. The fourth-order valence-electron chi connectivity index (χ4n) is 3.58. The molecule has 1 aliphatic rings. The number of hydrogen-bond donors (Lipinski definition) is 1. The molecular weight excluding hydrogens is 368 g/mol. The van der Waals surface area contributed by atoms with Crippen molar-refractivity contribution in [1.29, 1.82) is 0 Å². The van der Waals surface area contributed by atoms with Crippen LogP contribution >= 0.6 is 0 Å². The van der Waals surface area contributed by atoms with E-state index in [1.165, 1.54) is 12.7 Å². The first-order valence-corrected chi connectivity index (χ1v) is 10.0. The molecule has 0 atom stereocenters. The third kappa shape index (κ3) is 6.03. The zero-order chi connectivity index (χ0) is 20.5. The van der Waals surface area contributed by atoms with Crippen LogP contribution in [0.1, 0.15) is 11.1 Å². The Hall–Kier alpha value is -2.41. The molecule has 3 rings (SSSR count). The SMILES string of the molecule is COC(=O)Cc1cccc(-c2c(CNCCN3CCOCC3)cccc2OC)c1. The van der Waals surface area contributed by atoms with Crippen LogP contribution in [0, 0.1) is 0 Å². The predicted molar refractivity (Wildman–Crippen MR) is 113 cm³/mol. The smallest absolute Gasteiger partial charge is 0.309 e. The lowest BCUT2D eigenvalue weighted by Gasteiger charge is -2.26. The molecule has 2 aromatic rings. The Morgan fingerprint density at radius 1 is 1.14 bits per heavy atom. The molecule has 0 aliphatic carbocycles.